The van der Waals surface area contributed by atoms with Crippen LogP contribution in [0.5, 0.6) is 0 Å². The molecule has 3 N–H and O–H groups in total. The van der Waals surface area contributed by atoms with Gasteiger partial charge in [0.25, 0.3) is 6.02 Å². The van der Waals surface area contributed by atoms with Crippen molar-refractivity contribution in [2.75, 3.05) is 5.32 Å². The summed E-state index contributed by atoms with van der Waals surface area (Å²) in [4.78, 5) is 15.2. The molecule has 2 aromatic rings. The fraction of sp³-hybridized carbons (Fsp3) is 0.333. The molecular formula is C21H22FN3O3. The van der Waals surface area contributed by atoms with E-state index in [-0.39, 0.29) is 11.9 Å². The molecule has 2 aromatic carbocycles. The number of hydrogen-bond donors (Lipinski definition) is 3. The third-order valence-electron chi connectivity index (χ3n) is 4.75. The van der Waals surface area contributed by atoms with Gasteiger partial charge in [0.2, 0.25) is 0 Å². The number of nitrogens with one attached hydrogen (secondary N) is 2. The number of fused-ring (bicyclic) bond motifs is 2. The summed E-state index contributed by atoms with van der Waals surface area (Å²) in [5.41, 5.74) is 4.11. The average Bonchev–Trinajstić information content (AvgIpc) is 3.50. The SMILES string of the molecule is C1CC1.O=C(O)Nc1ccc2c(c1)COC(NC1CCc3cc(F)ccc31)=N2. The smallest absolute Gasteiger partial charge is 0.409 e. The molecular weight excluding hydrogens is 361 g/mol. The Morgan fingerprint density at radius 3 is 2.71 bits per heavy atom. The maximum absolute atomic E-state index is 13.3. The first-order valence-electron chi connectivity index (χ1n) is 9.48. The van der Waals surface area contributed by atoms with Crippen molar-refractivity contribution in [3.8, 4) is 0 Å². The van der Waals surface area contributed by atoms with Gasteiger partial charge in [-0.2, -0.15) is 4.99 Å². The molecule has 0 aromatic heterocycles. The summed E-state index contributed by atoms with van der Waals surface area (Å²) >= 11 is 0. The minimum atomic E-state index is -1.11. The van der Waals surface area contributed by atoms with Crippen molar-refractivity contribution >= 4 is 23.5 Å². The Bertz CT molecular complexity index is 924. The normalized spacial score (nSPS) is 18.5. The first-order valence-corrected chi connectivity index (χ1v) is 9.48. The molecule has 1 aliphatic heterocycles. The fourth-order valence-corrected chi connectivity index (χ4v) is 3.26. The van der Waals surface area contributed by atoms with Gasteiger partial charge in [-0.3, -0.25) is 5.32 Å². The molecule has 3 aliphatic rings. The third-order valence-corrected chi connectivity index (χ3v) is 4.75. The molecule has 1 fully saturated rings. The van der Waals surface area contributed by atoms with E-state index in [1.807, 2.05) is 0 Å². The Kier molecular flexibility index (Phi) is 5.14. The maximum atomic E-state index is 13.3. The van der Waals surface area contributed by atoms with Crippen molar-refractivity contribution in [3.63, 3.8) is 0 Å². The number of anilines is 1. The van der Waals surface area contributed by atoms with E-state index in [4.69, 9.17) is 9.84 Å². The molecule has 1 saturated carbocycles. The maximum Gasteiger partial charge on any atom is 0.409 e. The molecule has 2 aliphatic carbocycles. The van der Waals surface area contributed by atoms with Gasteiger partial charge in [-0.1, -0.05) is 25.3 Å². The van der Waals surface area contributed by atoms with Crippen LogP contribution in [0.15, 0.2) is 41.4 Å². The molecule has 1 amide bonds. The standard InChI is InChI=1S/C18H16FN3O3.C3H6/c19-12-2-4-14-10(7-12)1-5-16(14)22-17-21-15-6-3-13(20-18(23)24)8-11(15)9-25-17;1-2-3-1/h2-4,6-8,16,20H,1,5,9H2,(H,21,22)(H,23,24);1-3H2. The largest absolute Gasteiger partial charge is 0.465 e. The van der Waals surface area contributed by atoms with Gasteiger partial charge in [0.1, 0.15) is 12.4 Å². The highest BCUT2D eigenvalue weighted by Gasteiger charge is 2.25. The van der Waals surface area contributed by atoms with Crippen LogP contribution in [-0.2, 0) is 17.8 Å². The van der Waals surface area contributed by atoms with Gasteiger partial charge in [-0.05, 0) is 54.3 Å². The van der Waals surface area contributed by atoms with Crippen molar-refractivity contribution in [3.05, 3.63) is 58.9 Å². The fourth-order valence-electron chi connectivity index (χ4n) is 3.26. The van der Waals surface area contributed by atoms with Crippen LogP contribution in [0.2, 0.25) is 0 Å². The molecule has 28 heavy (non-hydrogen) atoms. The van der Waals surface area contributed by atoms with Crippen LogP contribution in [0, 0.1) is 5.82 Å². The second-order valence-corrected chi connectivity index (χ2v) is 7.12. The van der Waals surface area contributed by atoms with Crippen LogP contribution in [0.25, 0.3) is 0 Å². The summed E-state index contributed by atoms with van der Waals surface area (Å²) in [6.45, 7) is 0.305. The van der Waals surface area contributed by atoms with Crippen LogP contribution in [-0.4, -0.2) is 17.2 Å². The highest BCUT2D eigenvalue weighted by Crippen LogP contribution is 2.33. The van der Waals surface area contributed by atoms with Crippen LogP contribution in [0.3, 0.4) is 0 Å². The lowest BCUT2D eigenvalue weighted by Crippen LogP contribution is -2.30. The minimum Gasteiger partial charge on any atom is -0.465 e. The summed E-state index contributed by atoms with van der Waals surface area (Å²) < 4.78 is 19.0. The minimum absolute atomic E-state index is 0.0452. The number of amidine groups is 1. The monoisotopic (exact) mass is 383 g/mol. The summed E-state index contributed by atoms with van der Waals surface area (Å²) in [5.74, 6) is -0.217. The Hall–Kier alpha value is -3.09. The zero-order valence-electron chi connectivity index (χ0n) is 15.4. The van der Waals surface area contributed by atoms with E-state index < -0.39 is 6.09 Å². The number of benzene rings is 2. The molecule has 146 valence electrons. The van der Waals surface area contributed by atoms with Crippen LogP contribution >= 0.6 is 0 Å². The zero-order valence-corrected chi connectivity index (χ0v) is 15.4. The van der Waals surface area contributed by atoms with E-state index in [0.717, 1.165) is 35.2 Å². The Labute approximate surface area is 162 Å². The van der Waals surface area contributed by atoms with E-state index >= 15 is 0 Å². The average molecular weight is 383 g/mol. The van der Waals surface area contributed by atoms with Crippen molar-refractivity contribution in [2.45, 2.75) is 44.8 Å². The Balaban J connectivity index is 0.000000586. The van der Waals surface area contributed by atoms with Gasteiger partial charge in [0.05, 0.1) is 11.7 Å². The summed E-state index contributed by atoms with van der Waals surface area (Å²) in [5, 5.41) is 14.3. The summed E-state index contributed by atoms with van der Waals surface area (Å²) in [6, 6.07) is 10.4. The number of aryl methyl sites for hydroxylation is 1. The number of nitrogens with zero attached hydrogens (tertiary/aromatic N) is 1. The highest BCUT2D eigenvalue weighted by atomic mass is 19.1. The molecule has 5 rings (SSSR count). The van der Waals surface area contributed by atoms with Crippen molar-refractivity contribution in [2.24, 2.45) is 4.99 Å². The summed E-state index contributed by atoms with van der Waals surface area (Å²) in [7, 11) is 0. The number of hydrogen-bond acceptors (Lipinski definition) is 4. The molecule has 1 heterocycles. The van der Waals surface area contributed by atoms with Crippen LogP contribution in [0.1, 0.15) is 48.4 Å². The lowest BCUT2D eigenvalue weighted by molar-refractivity contribution is 0.209. The number of halogens is 1. The van der Waals surface area contributed by atoms with Gasteiger partial charge in [0, 0.05) is 11.3 Å². The van der Waals surface area contributed by atoms with E-state index in [9.17, 15) is 9.18 Å². The lowest BCUT2D eigenvalue weighted by Gasteiger charge is -2.22. The van der Waals surface area contributed by atoms with Crippen molar-refractivity contribution in [1.82, 2.24) is 5.32 Å². The van der Waals surface area contributed by atoms with Gasteiger partial charge in [-0.15, -0.1) is 0 Å². The molecule has 0 bridgehead atoms. The van der Waals surface area contributed by atoms with E-state index in [1.54, 1.807) is 30.3 Å². The number of carboxylic acid groups (broad SMARTS) is 1. The van der Waals surface area contributed by atoms with Crippen molar-refractivity contribution < 1.29 is 19.0 Å². The first kappa shape index (κ1) is 18.3. The van der Waals surface area contributed by atoms with E-state index in [1.165, 1.54) is 25.3 Å². The van der Waals surface area contributed by atoms with Gasteiger partial charge < -0.3 is 15.2 Å². The van der Waals surface area contributed by atoms with Gasteiger partial charge in [-0.25, -0.2) is 9.18 Å². The number of amides is 1. The topological polar surface area (TPSA) is 83.0 Å². The molecule has 0 spiro atoms. The van der Waals surface area contributed by atoms with Crippen molar-refractivity contribution in [1.29, 1.82) is 0 Å². The quantitative estimate of drug-likeness (QED) is 0.690. The molecule has 7 heteroatoms. The molecule has 1 atom stereocenters. The first-order chi connectivity index (χ1) is 13.6. The van der Waals surface area contributed by atoms with Crippen LogP contribution in [0.4, 0.5) is 20.6 Å². The predicted octanol–water partition coefficient (Wildman–Crippen LogP) is 4.88. The third kappa shape index (κ3) is 4.42. The van der Waals surface area contributed by atoms with E-state index in [2.05, 4.69) is 15.6 Å². The lowest BCUT2D eigenvalue weighted by atomic mass is 10.1. The molecule has 1 unspecified atom stereocenters. The Morgan fingerprint density at radius 2 is 1.96 bits per heavy atom. The number of rotatable bonds is 2. The zero-order chi connectivity index (χ0) is 19.5. The number of carbonyl (C=O) groups is 1. The highest BCUT2D eigenvalue weighted by molar-refractivity contribution is 5.85. The van der Waals surface area contributed by atoms with Gasteiger partial charge >= 0.3 is 6.09 Å². The Morgan fingerprint density at radius 1 is 1.14 bits per heavy atom. The molecule has 0 saturated heterocycles. The second kappa shape index (κ2) is 7.88. The van der Waals surface area contributed by atoms with Gasteiger partial charge in [0.15, 0.2) is 0 Å². The second-order valence-electron chi connectivity index (χ2n) is 7.12. The van der Waals surface area contributed by atoms with E-state index in [0.29, 0.717) is 18.3 Å². The molecule has 0 radical (unpaired) electrons. The summed E-state index contributed by atoms with van der Waals surface area (Å²) in [6.07, 6.45) is 5.06. The predicted molar refractivity (Wildman–Crippen MR) is 104 cm³/mol. The van der Waals surface area contributed by atoms with Crippen LogP contribution < -0.4 is 10.6 Å². The number of ether oxygens (including phenoxy) is 1. The number of aliphatic imine (C=N–C) groups is 1. The molecule has 6 nitrogen and oxygen atoms in total.